The number of carbonyl (C=O) groups is 1. The minimum atomic E-state index is -3.78. The summed E-state index contributed by atoms with van der Waals surface area (Å²) in [7, 11) is -3.78. The number of nitrogens with zero attached hydrogens (tertiary/aromatic N) is 4. The van der Waals surface area contributed by atoms with Crippen molar-refractivity contribution in [2.75, 3.05) is 10.0 Å². The monoisotopic (exact) mass is 470 g/mol. The number of aryl methyl sites for hydroxylation is 2. The van der Waals surface area contributed by atoms with Gasteiger partial charge in [0.05, 0.1) is 10.1 Å². The van der Waals surface area contributed by atoms with E-state index in [0.29, 0.717) is 17.1 Å². The van der Waals surface area contributed by atoms with Crippen molar-refractivity contribution in [1.82, 2.24) is 20.4 Å². The highest BCUT2D eigenvalue weighted by molar-refractivity contribution is 8.02. The predicted molar refractivity (Wildman–Crippen MR) is 115 cm³/mol. The van der Waals surface area contributed by atoms with Crippen LogP contribution in [0.1, 0.15) is 23.4 Å². The van der Waals surface area contributed by atoms with Crippen LogP contribution in [-0.2, 0) is 14.8 Å². The molecule has 0 radical (unpaired) electrons. The van der Waals surface area contributed by atoms with E-state index in [1.54, 1.807) is 19.1 Å². The van der Waals surface area contributed by atoms with Gasteiger partial charge in [-0.15, -0.1) is 20.4 Å². The molecular weight excluding hydrogens is 452 g/mol. The molecule has 0 bridgehead atoms. The fourth-order valence-corrected chi connectivity index (χ4v) is 6.03. The molecule has 2 N–H and O–H groups in total. The molecule has 2 heterocycles. The predicted octanol–water partition coefficient (Wildman–Crippen LogP) is 3.32. The maximum absolute atomic E-state index is 12.6. The van der Waals surface area contributed by atoms with Gasteiger partial charge in [0.1, 0.15) is 10.0 Å². The van der Waals surface area contributed by atoms with Crippen molar-refractivity contribution >= 4 is 61.2 Å². The molecule has 1 aromatic carbocycles. The first-order valence-corrected chi connectivity index (χ1v) is 12.5. The summed E-state index contributed by atoms with van der Waals surface area (Å²) in [5, 5.41) is 19.7. The lowest BCUT2D eigenvalue weighted by Gasteiger charge is -2.13. The fourth-order valence-electron chi connectivity index (χ4n) is 2.22. The van der Waals surface area contributed by atoms with E-state index in [2.05, 4.69) is 30.4 Å². The van der Waals surface area contributed by atoms with E-state index in [1.807, 2.05) is 13.8 Å². The summed E-state index contributed by atoms with van der Waals surface area (Å²) in [5.74, 6) is -0.177. The highest BCUT2D eigenvalue weighted by Crippen LogP contribution is 2.29. The minimum absolute atomic E-state index is 0.0640. The quantitative estimate of drug-likeness (QED) is 0.480. The summed E-state index contributed by atoms with van der Waals surface area (Å²) in [5.41, 5.74) is 0.508. The van der Waals surface area contributed by atoms with Gasteiger partial charge in [-0.3, -0.25) is 9.52 Å². The number of carbonyl (C=O) groups excluding carboxylic acids is 1. The van der Waals surface area contributed by atoms with Crippen LogP contribution in [0, 0.1) is 13.8 Å². The Kier molecular flexibility index (Phi) is 6.82. The molecule has 1 atom stereocenters. The third kappa shape index (κ3) is 5.72. The molecule has 0 aliphatic heterocycles. The summed E-state index contributed by atoms with van der Waals surface area (Å²) in [6, 6.07) is 5.94. The Morgan fingerprint density at radius 1 is 1.07 bits per heavy atom. The first-order chi connectivity index (χ1) is 13.8. The van der Waals surface area contributed by atoms with E-state index < -0.39 is 10.0 Å². The van der Waals surface area contributed by atoms with E-state index >= 15 is 0 Å². The molecule has 1 unspecified atom stereocenters. The molecule has 9 nitrogen and oxygen atoms in total. The summed E-state index contributed by atoms with van der Waals surface area (Å²) in [6.07, 6.45) is 0.618. The molecule has 3 aromatic rings. The van der Waals surface area contributed by atoms with Gasteiger partial charge >= 0.3 is 0 Å². The van der Waals surface area contributed by atoms with E-state index in [0.717, 1.165) is 20.7 Å². The number of aromatic nitrogens is 4. The Labute approximate surface area is 180 Å². The van der Waals surface area contributed by atoms with Crippen LogP contribution in [0.4, 0.5) is 10.8 Å². The Bertz CT molecular complexity index is 1090. The second kappa shape index (κ2) is 9.15. The maximum atomic E-state index is 12.6. The average molecular weight is 471 g/mol. The molecule has 154 valence electrons. The maximum Gasteiger partial charge on any atom is 0.263 e. The lowest BCUT2D eigenvalue weighted by atomic mass is 10.3. The molecule has 0 saturated heterocycles. The number of thioether (sulfide) groups is 1. The molecule has 29 heavy (non-hydrogen) atoms. The summed E-state index contributed by atoms with van der Waals surface area (Å²) in [4.78, 5) is 12.6. The van der Waals surface area contributed by atoms with Gasteiger partial charge in [0.15, 0.2) is 4.34 Å². The topological polar surface area (TPSA) is 127 Å². The van der Waals surface area contributed by atoms with Gasteiger partial charge in [0, 0.05) is 5.69 Å². The van der Waals surface area contributed by atoms with Crippen LogP contribution in [0.5, 0.6) is 0 Å². The smallest absolute Gasteiger partial charge is 0.263 e. The molecule has 0 aliphatic carbocycles. The molecule has 0 spiro atoms. The second-order valence-electron chi connectivity index (χ2n) is 5.85. The largest absolute Gasteiger partial charge is 0.325 e. The Morgan fingerprint density at radius 3 is 2.28 bits per heavy atom. The molecule has 0 aliphatic rings. The first-order valence-electron chi connectivity index (χ1n) is 8.47. The zero-order valence-corrected chi connectivity index (χ0v) is 19.0. The zero-order valence-electron chi connectivity index (χ0n) is 15.7. The zero-order chi connectivity index (χ0) is 21.0. The van der Waals surface area contributed by atoms with Gasteiger partial charge in [-0.05, 0) is 44.5 Å². The van der Waals surface area contributed by atoms with Crippen LogP contribution in [0.2, 0.25) is 0 Å². The van der Waals surface area contributed by atoms with E-state index in [4.69, 9.17) is 0 Å². The molecule has 0 saturated carbocycles. The Hall–Kier alpha value is -2.09. The molecule has 0 fully saturated rings. The number of rotatable bonds is 8. The van der Waals surface area contributed by atoms with Gasteiger partial charge in [-0.25, -0.2) is 8.42 Å². The van der Waals surface area contributed by atoms with Crippen molar-refractivity contribution in [3.8, 4) is 0 Å². The molecular formula is C16H18N6O3S4. The normalized spacial score (nSPS) is 12.5. The third-order valence-corrected chi connectivity index (χ3v) is 8.12. The van der Waals surface area contributed by atoms with Crippen molar-refractivity contribution in [3.05, 3.63) is 34.3 Å². The van der Waals surface area contributed by atoms with Crippen LogP contribution in [0.25, 0.3) is 0 Å². The molecule has 3 rings (SSSR count). The van der Waals surface area contributed by atoms with E-state index in [1.165, 1.54) is 35.2 Å². The Morgan fingerprint density at radius 2 is 1.72 bits per heavy atom. The second-order valence-corrected chi connectivity index (χ2v) is 11.3. The number of amides is 1. The lowest BCUT2D eigenvalue weighted by molar-refractivity contribution is -0.115. The number of hydrogen-bond donors (Lipinski definition) is 2. The fraction of sp³-hybridized carbons (Fsp3) is 0.312. The minimum Gasteiger partial charge on any atom is -0.325 e. The first kappa shape index (κ1) is 21.6. The van der Waals surface area contributed by atoms with Crippen LogP contribution >= 0.6 is 34.4 Å². The van der Waals surface area contributed by atoms with Crippen molar-refractivity contribution in [2.45, 2.75) is 41.7 Å². The number of nitrogens with one attached hydrogen (secondary N) is 2. The van der Waals surface area contributed by atoms with Gasteiger partial charge in [-0.1, -0.05) is 41.4 Å². The number of hydrogen-bond acceptors (Lipinski definition) is 10. The van der Waals surface area contributed by atoms with Gasteiger partial charge in [-0.2, -0.15) is 0 Å². The van der Waals surface area contributed by atoms with Crippen molar-refractivity contribution in [2.24, 2.45) is 0 Å². The highest BCUT2D eigenvalue weighted by atomic mass is 32.2. The van der Waals surface area contributed by atoms with Gasteiger partial charge in [0.2, 0.25) is 11.0 Å². The molecule has 13 heteroatoms. The van der Waals surface area contributed by atoms with Crippen molar-refractivity contribution in [1.29, 1.82) is 0 Å². The number of sulfonamides is 1. The van der Waals surface area contributed by atoms with Crippen molar-refractivity contribution in [3.63, 3.8) is 0 Å². The van der Waals surface area contributed by atoms with Crippen molar-refractivity contribution < 1.29 is 13.2 Å². The Balaban J connectivity index is 1.65. The average Bonchev–Trinajstić information content (AvgIpc) is 3.27. The summed E-state index contributed by atoms with van der Waals surface area (Å²) >= 11 is 3.95. The highest BCUT2D eigenvalue weighted by Gasteiger charge is 2.21. The molecule has 1 amide bonds. The number of benzene rings is 1. The van der Waals surface area contributed by atoms with Gasteiger partial charge < -0.3 is 5.32 Å². The summed E-state index contributed by atoms with van der Waals surface area (Å²) in [6.45, 7) is 5.52. The third-order valence-electron chi connectivity index (χ3n) is 3.59. The summed E-state index contributed by atoms with van der Waals surface area (Å²) < 4.78 is 28.0. The van der Waals surface area contributed by atoms with E-state index in [9.17, 15) is 13.2 Å². The molecule has 2 aromatic heterocycles. The van der Waals surface area contributed by atoms with Crippen LogP contribution in [-0.4, -0.2) is 40.0 Å². The van der Waals surface area contributed by atoms with E-state index in [-0.39, 0.29) is 21.2 Å². The van der Waals surface area contributed by atoms with Gasteiger partial charge in [0.25, 0.3) is 10.0 Å². The lowest BCUT2D eigenvalue weighted by Crippen LogP contribution is -2.24. The van der Waals surface area contributed by atoms with Crippen LogP contribution < -0.4 is 10.0 Å². The van der Waals surface area contributed by atoms with Crippen LogP contribution in [0.15, 0.2) is 33.5 Å². The van der Waals surface area contributed by atoms with Crippen LogP contribution in [0.3, 0.4) is 0 Å². The SMILES string of the molecule is CCC(Sc1nnc(C)s1)C(=O)Nc1ccc(S(=O)(=O)Nc2nnc(C)s2)cc1. The standard InChI is InChI=1S/C16H18N6O3S4/c1-4-13(28-16-21-19-10(3)27-16)14(23)17-11-5-7-12(8-6-11)29(24,25)22-15-20-18-9(2)26-15/h5-8,13H,4H2,1-3H3,(H,17,23)(H,20,22). The number of anilines is 2.